The maximum Gasteiger partial charge on any atom is 0.223 e. The summed E-state index contributed by atoms with van der Waals surface area (Å²) in [5, 5.41) is 9.64. The van der Waals surface area contributed by atoms with Crippen LogP contribution in [0.15, 0.2) is 4.99 Å². The minimum Gasteiger partial charge on any atom is -0.357 e. The quantitative estimate of drug-likeness (QED) is 0.195. The average Bonchev–Trinajstić information content (AvgIpc) is 3.47. The Labute approximate surface area is 176 Å². The fourth-order valence-electron chi connectivity index (χ4n) is 3.32. The molecule has 152 valence electrons. The van der Waals surface area contributed by atoms with Gasteiger partial charge >= 0.3 is 0 Å². The van der Waals surface area contributed by atoms with E-state index in [1.165, 1.54) is 45.2 Å². The van der Waals surface area contributed by atoms with Gasteiger partial charge in [-0.25, -0.2) is 0 Å². The van der Waals surface area contributed by atoms with Gasteiger partial charge in [0.1, 0.15) is 0 Å². The highest BCUT2D eigenvalue weighted by molar-refractivity contribution is 14.0. The molecule has 2 aliphatic rings. The maximum atomic E-state index is 11.6. The van der Waals surface area contributed by atoms with Crippen molar-refractivity contribution in [2.24, 2.45) is 10.9 Å². The summed E-state index contributed by atoms with van der Waals surface area (Å²) in [6, 6.07) is 0.574. The Morgan fingerprint density at radius 2 is 1.85 bits per heavy atom. The lowest BCUT2D eigenvalue weighted by molar-refractivity contribution is -0.122. The Kier molecular flexibility index (Phi) is 12.3. The van der Waals surface area contributed by atoms with Crippen molar-refractivity contribution in [3.8, 4) is 0 Å². The first-order valence-corrected chi connectivity index (χ1v) is 10.3. The molecule has 3 N–H and O–H groups in total. The lowest BCUT2D eigenvalue weighted by atomic mass is 10.0. The number of halogens is 1. The second kappa shape index (κ2) is 13.6. The van der Waals surface area contributed by atoms with Gasteiger partial charge in [-0.2, -0.15) is 0 Å². The van der Waals surface area contributed by atoms with E-state index < -0.39 is 0 Å². The van der Waals surface area contributed by atoms with Gasteiger partial charge in [0.15, 0.2) is 5.96 Å². The Bertz CT molecular complexity index is 428. The van der Waals surface area contributed by atoms with Gasteiger partial charge in [0.2, 0.25) is 5.91 Å². The van der Waals surface area contributed by atoms with Crippen molar-refractivity contribution in [2.45, 2.75) is 64.8 Å². The number of likely N-dealkylation sites (tertiary alicyclic amines) is 1. The first-order valence-electron chi connectivity index (χ1n) is 10.3. The largest absolute Gasteiger partial charge is 0.357 e. The number of unbranched alkanes of at least 4 members (excludes halogenated alkanes) is 1. The number of guanidine groups is 1. The normalized spacial score (nSPS) is 21.0. The molecule has 7 heteroatoms. The van der Waals surface area contributed by atoms with Gasteiger partial charge in [-0.05, 0) is 52.1 Å². The Balaban J connectivity index is 0.00000338. The van der Waals surface area contributed by atoms with Crippen LogP contribution in [0.2, 0.25) is 0 Å². The van der Waals surface area contributed by atoms with Crippen LogP contribution in [0.25, 0.3) is 0 Å². The maximum absolute atomic E-state index is 11.6. The summed E-state index contributed by atoms with van der Waals surface area (Å²) in [6.07, 6.45) is 8.54. The van der Waals surface area contributed by atoms with Gasteiger partial charge in [0.05, 0.1) is 6.54 Å². The van der Waals surface area contributed by atoms with Crippen molar-refractivity contribution in [3.63, 3.8) is 0 Å². The van der Waals surface area contributed by atoms with Crippen molar-refractivity contribution >= 4 is 35.8 Å². The van der Waals surface area contributed by atoms with Crippen LogP contribution in [-0.2, 0) is 4.79 Å². The van der Waals surface area contributed by atoms with Gasteiger partial charge in [-0.15, -0.1) is 24.0 Å². The van der Waals surface area contributed by atoms with Crippen molar-refractivity contribution in [3.05, 3.63) is 0 Å². The first kappa shape index (κ1) is 23.5. The molecule has 26 heavy (non-hydrogen) atoms. The summed E-state index contributed by atoms with van der Waals surface area (Å²) in [6.45, 7) is 9.84. The molecular formula is C19H38IN5O. The van der Waals surface area contributed by atoms with Crippen LogP contribution in [0.1, 0.15) is 58.8 Å². The summed E-state index contributed by atoms with van der Waals surface area (Å²) >= 11 is 0. The van der Waals surface area contributed by atoms with Crippen molar-refractivity contribution < 1.29 is 4.79 Å². The number of rotatable bonds is 10. The average molecular weight is 479 g/mol. The van der Waals surface area contributed by atoms with Crippen molar-refractivity contribution in [1.29, 1.82) is 0 Å². The van der Waals surface area contributed by atoms with E-state index in [9.17, 15) is 4.79 Å². The van der Waals surface area contributed by atoms with Gasteiger partial charge in [-0.1, -0.05) is 19.8 Å². The van der Waals surface area contributed by atoms with Crippen molar-refractivity contribution in [2.75, 3.05) is 39.3 Å². The monoisotopic (exact) mass is 479 g/mol. The summed E-state index contributed by atoms with van der Waals surface area (Å²) in [5.41, 5.74) is 0. The van der Waals surface area contributed by atoms with Gasteiger partial charge < -0.3 is 16.0 Å². The molecule has 6 nitrogen and oxygen atoms in total. The number of nitrogens with zero attached hydrogens (tertiary/aromatic N) is 2. The molecule has 2 rings (SSSR count). The zero-order valence-corrected chi connectivity index (χ0v) is 18.9. The van der Waals surface area contributed by atoms with Crippen LogP contribution in [-0.4, -0.2) is 62.1 Å². The molecule has 1 heterocycles. The molecule has 1 atom stereocenters. The van der Waals surface area contributed by atoms with Crippen LogP contribution in [0, 0.1) is 5.92 Å². The number of hydrogen-bond donors (Lipinski definition) is 3. The second-order valence-electron chi connectivity index (χ2n) is 7.25. The Hall–Kier alpha value is -0.570. The summed E-state index contributed by atoms with van der Waals surface area (Å²) in [5.74, 6) is 1.35. The zero-order valence-electron chi connectivity index (χ0n) is 16.6. The molecule has 0 bridgehead atoms. The first-order chi connectivity index (χ1) is 12.2. The summed E-state index contributed by atoms with van der Waals surface area (Å²) in [4.78, 5) is 19.1. The van der Waals surface area contributed by atoms with E-state index in [0.29, 0.717) is 19.1 Å². The van der Waals surface area contributed by atoms with E-state index in [0.717, 1.165) is 31.9 Å². The predicted octanol–water partition coefficient (Wildman–Crippen LogP) is 2.34. The van der Waals surface area contributed by atoms with E-state index in [-0.39, 0.29) is 35.8 Å². The van der Waals surface area contributed by atoms with Crippen molar-refractivity contribution in [1.82, 2.24) is 20.9 Å². The lowest BCUT2D eigenvalue weighted by Gasteiger charge is -2.35. The number of piperidine rings is 1. The smallest absolute Gasteiger partial charge is 0.223 e. The molecule has 1 aliphatic carbocycles. The topological polar surface area (TPSA) is 68.8 Å². The summed E-state index contributed by atoms with van der Waals surface area (Å²) < 4.78 is 0. The third-order valence-electron chi connectivity index (χ3n) is 5.02. The SMILES string of the molecule is CCCCN1CCCCC1CN=C(NCC)NCCNC(=O)C1CC1.I. The summed E-state index contributed by atoms with van der Waals surface area (Å²) in [7, 11) is 0. The van der Waals surface area contributed by atoms with Gasteiger partial charge in [0.25, 0.3) is 0 Å². The fraction of sp³-hybridized carbons (Fsp3) is 0.895. The molecule has 0 aromatic rings. The van der Waals surface area contributed by atoms with E-state index in [4.69, 9.17) is 4.99 Å². The molecule has 1 unspecified atom stereocenters. The number of carbonyl (C=O) groups is 1. The van der Waals surface area contributed by atoms with Crippen LogP contribution >= 0.6 is 24.0 Å². The molecule has 1 saturated heterocycles. The van der Waals surface area contributed by atoms with Crippen LogP contribution < -0.4 is 16.0 Å². The lowest BCUT2D eigenvalue weighted by Crippen LogP contribution is -2.44. The highest BCUT2D eigenvalue weighted by Gasteiger charge is 2.29. The van der Waals surface area contributed by atoms with E-state index in [2.05, 4.69) is 34.7 Å². The number of nitrogens with one attached hydrogen (secondary N) is 3. The molecule has 0 radical (unpaired) electrons. The van der Waals surface area contributed by atoms with Gasteiger partial charge in [0, 0.05) is 31.6 Å². The predicted molar refractivity (Wildman–Crippen MR) is 119 cm³/mol. The third kappa shape index (κ3) is 8.88. The number of hydrogen-bond acceptors (Lipinski definition) is 3. The molecule has 1 saturated carbocycles. The molecule has 2 fully saturated rings. The number of aliphatic imine (C=N–C) groups is 1. The minimum atomic E-state index is 0. The molecule has 1 aliphatic heterocycles. The number of carbonyl (C=O) groups excluding carboxylic acids is 1. The zero-order chi connectivity index (χ0) is 17.9. The highest BCUT2D eigenvalue weighted by atomic mass is 127. The molecule has 1 amide bonds. The van der Waals surface area contributed by atoms with E-state index >= 15 is 0 Å². The van der Waals surface area contributed by atoms with Crippen LogP contribution in [0.5, 0.6) is 0 Å². The molecule has 0 aromatic carbocycles. The van der Waals surface area contributed by atoms with Crippen LogP contribution in [0.4, 0.5) is 0 Å². The standard InChI is InChI=1S/C19H37N5O.HI/c1-3-5-13-24-14-7-6-8-17(24)15-23-19(20-4-2)22-12-11-21-18(25)16-9-10-16;/h16-17H,3-15H2,1-2H3,(H,21,25)(H2,20,22,23);1H. The van der Waals surface area contributed by atoms with Crippen LogP contribution in [0.3, 0.4) is 0 Å². The number of amides is 1. The molecular weight excluding hydrogens is 441 g/mol. The van der Waals surface area contributed by atoms with Gasteiger partial charge in [-0.3, -0.25) is 14.7 Å². The molecule has 0 spiro atoms. The highest BCUT2D eigenvalue weighted by Crippen LogP contribution is 2.28. The minimum absolute atomic E-state index is 0. The van der Waals surface area contributed by atoms with E-state index in [1.807, 2.05) is 0 Å². The fourth-order valence-corrected chi connectivity index (χ4v) is 3.32. The Morgan fingerprint density at radius 1 is 1.08 bits per heavy atom. The molecule has 0 aromatic heterocycles. The Morgan fingerprint density at radius 3 is 2.54 bits per heavy atom. The third-order valence-corrected chi connectivity index (χ3v) is 5.02. The second-order valence-corrected chi connectivity index (χ2v) is 7.25. The van der Waals surface area contributed by atoms with E-state index in [1.54, 1.807) is 0 Å².